The predicted octanol–water partition coefficient (Wildman–Crippen LogP) is 2.95. The molecule has 3 heterocycles. The minimum atomic E-state index is -2.65. The van der Waals surface area contributed by atoms with Gasteiger partial charge >= 0.3 is 0 Å². The number of nitrogens with zero attached hydrogens (tertiary/aromatic N) is 6. The summed E-state index contributed by atoms with van der Waals surface area (Å²) in [6, 6.07) is 1.13. The van der Waals surface area contributed by atoms with Crippen molar-refractivity contribution in [2.24, 2.45) is 5.92 Å². The van der Waals surface area contributed by atoms with E-state index in [2.05, 4.69) is 25.5 Å². The number of amides is 1. The van der Waals surface area contributed by atoms with Crippen molar-refractivity contribution in [2.45, 2.75) is 58.0 Å². The van der Waals surface area contributed by atoms with Crippen LogP contribution in [-0.2, 0) is 6.54 Å². The summed E-state index contributed by atoms with van der Waals surface area (Å²) < 4.78 is 30.6. The zero-order valence-electron chi connectivity index (χ0n) is 16.3. The first kappa shape index (κ1) is 19.4. The molecule has 4 rings (SSSR count). The summed E-state index contributed by atoms with van der Waals surface area (Å²) in [6.45, 7) is 4.27. The molecule has 1 unspecified atom stereocenters. The van der Waals surface area contributed by atoms with Crippen molar-refractivity contribution in [3.05, 3.63) is 41.7 Å². The molecular formula is C19H23F2N7O. The molecule has 154 valence electrons. The molecule has 29 heavy (non-hydrogen) atoms. The van der Waals surface area contributed by atoms with Crippen LogP contribution in [0, 0.1) is 12.8 Å². The second-order valence-electron chi connectivity index (χ2n) is 7.49. The van der Waals surface area contributed by atoms with Crippen LogP contribution in [0.25, 0.3) is 5.78 Å². The van der Waals surface area contributed by atoms with Crippen LogP contribution in [0.1, 0.15) is 60.5 Å². The van der Waals surface area contributed by atoms with E-state index >= 15 is 0 Å². The molecule has 10 heteroatoms. The number of aryl methyl sites for hydroxylation is 2. The normalized spacial score (nSPS) is 18.1. The highest BCUT2D eigenvalue weighted by Gasteiger charge is 2.39. The van der Waals surface area contributed by atoms with Gasteiger partial charge < -0.3 is 5.32 Å². The van der Waals surface area contributed by atoms with Gasteiger partial charge in [0.15, 0.2) is 0 Å². The SMILES string of the molecule is CCn1nccc1C(=O)NC(c1cn2nc(C)cnc2n1)C1CCC(F)(F)CC1. The van der Waals surface area contributed by atoms with Crippen molar-refractivity contribution >= 4 is 11.7 Å². The van der Waals surface area contributed by atoms with Gasteiger partial charge in [-0.25, -0.2) is 23.3 Å². The van der Waals surface area contributed by atoms with Gasteiger partial charge in [-0.2, -0.15) is 10.2 Å². The van der Waals surface area contributed by atoms with Gasteiger partial charge in [0.25, 0.3) is 11.7 Å². The van der Waals surface area contributed by atoms with E-state index in [1.165, 1.54) is 0 Å². The second kappa shape index (κ2) is 7.49. The zero-order chi connectivity index (χ0) is 20.6. The molecule has 1 atom stereocenters. The fourth-order valence-corrected chi connectivity index (χ4v) is 3.86. The smallest absolute Gasteiger partial charge is 0.270 e. The van der Waals surface area contributed by atoms with Crippen molar-refractivity contribution in [1.29, 1.82) is 0 Å². The third-order valence-electron chi connectivity index (χ3n) is 5.41. The maximum atomic E-state index is 13.7. The summed E-state index contributed by atoms with van der Waals surface area (Å²) in [5, 5.41) is 11.5. The Morgan fingerprint density at radius 2 is 2.14 bits per heavy atom. The van der Waals surface area contributed by atoms with E-state index in [4.69, 9.17) is 0 Å². The standard InChI is InChI=1S/C19H23F2N7O/c1-3-27-15(6-9-23-27)17(29)25-16(13-4-7-19(20,21)8-5-13)14-11-28-18(24-14)22-10-12(2)26-28/h6,9-11,13,16H,3-5,7-8H2,1-2H3,(H,25,29). The van der Waals surface area contributed by atoms with Crippen LogP contribution in [0.3, 0.4) is 0 Å². The number of nitrogens with one attached hydrogen (secondary N) is 1. The second-order valence-corrected chi connectivity index (χ2v) is 7.49. The summed E-state index contributed by atoms with van der Waals surface area (Å²) in [6.07, 6.45) is 5.11. The molecule has 1 aliphatic carbocycles. The Morgan fingerprint density at radius 3 is 2.86 bits per heavy atom. The molecule has 1 fully saturated rings. The fraction of sp³-hybridized carbons (Fsp3) is 0.526. The molecular weight excluding hydrogens is 380 g/mol. The number of halogens is 2. The van der Waals surface area contributed by atoms with Crippen molar-refractivity contribution in [3.63, 3.8) is 0 Å². The van der Waals surface area contributed by atoms with Gasteiger partial charge in [-0.3, -0.25) is 9.48 Å². The molecule has 1 amide bonds. The van der Waals surface area contributed by atoms with E-state index in [1.54, 1.807) is 33.9 Å². The number of aromatic nitrogens is 6. The number of fused-ring (bicyclic) bond motifs is 1. The average molecular weight is 403 g/mol. The highest BCUT2D eigenvalue weighted by Crippen LogP contribution is 2.41. The van der Waals surface area contributed by atoms with Crippen LogP contribution in [0.4, 0.5) is 8.78 Å². The Labute approximate surface area is 166 Å². The molecule has 3 aromatic heterocycles. The monoisotopic (exact) mass is 403 g/mol. The lowest BCUT2D eigenvalue weighted by Crippen LogP contribution is -2.38. The minimum absolute atomic E-state index is 0.150. The van der Waals surface area contributed by atoms with E-state index in [0.29, 0.717) is 36.6 Å². The largest absolute Gasteiger partial charge is 0.342 e. The van der Waals surface area contributed by atoms with Crippen molar-refractivity contribution in [1.82, 2.24) is 34.7 Å². The first-order chi connectivity index (χ1) is 13.9. The minimum Gasteiger partial charge on any atom is -0.342 e. The van der Waals surface area contributed by atoms with Crippen molar-refractivity contribution in [2.75, 3.05) is 0 Å². The zero-order valence-corrected chi connectivity index (χ0v) is 16.3. The quantitative estimate of drug-likeness (QED) is 0.707. The van der Waals surface area contributed by atoms with E-state index in [0.717, 1.165) is 5.69 Å². The third kappa shape index (κ3) is 3.96. The Bertz CT molecular complexity index is 1020. The summed E-state index contributed by atoms with van der Waals surface area (Å²) in [5.41, 5.74) is 1.72. The molecule has 0 spiro atoms. The Kier molecular flexibility index (Phi) is 5.01. The molecule has 8 nitrogen and oxygen atoms in total. The molecule has 0 aromatic carbocycles. The van der Waals surface area contributed by atoms with Gasteiger partial charge in [0.2, 0.25) is 5.92 Å². The number of alkyl halides is 2. The van der Waals surface area contributed by atoms with Crippen LogP contribution in [0.2, 0.25) is 0 Å². The maximum Gasteiger partial charge on any atom is 0.270 e. The van der Waals surface area contributed by atoms with Crippen LogP contribution < -0.4 is 5.32 Å². The van der Waals surface area contributed by atoms with Crippen molar-refractivity contribution in [3.8, 4) is 0 Å². The van der Waals surface area contributed by atoms with Gasteiger partial charge in [-0.05, 0) is 38.7 Å². The van der Waals surface area contributed by atoms with E-state index in [-0.39, 0.29) is 24.7 Å². The molecule has 1 N–H and O–H groups in total. The maximum absolute atomic E-state index is 13.7. The van der Waals surface area contributed by atoms with Gasteiger partial charge in [0.05, 0.1) is 29.8 Å². The van der Waals surface area contributed by atoms with Crippen molar-refractivity contribution < 1.29 is 13.6 Å². The van der Waals surface area contributed by atoms with Gasteiger partial charge in [0, 0.05) is 25.6 Å². The van der Waals surface area contributed by atoms with Gasteiger partial charge in [0.1, 0.15) is 5.69 Å². The molecule has 0 saturated heterocycles. The number of carbonyl (C=O) groups is 1. The predicted molar refractivity (Wildman–Crippen MR) is 101 cm³/mol. The number of rotatable bonds is 5. The lowest BCUT2D eigenvalue weighted by Gasteiger charge is -2.33. The first-order valence-corrected chi connectivity index (χ1v) is 9.76. The number of imidazole rings is 1. The number of carbonyl (C=O) groups excluding carboxylic acids is 1. The number of hydrogen-bond acceptors (Lipinski definition) is 5. The third-order valence-corrected chi connectivity index (χ3v) is 5.41. The Hall–Kier alpha value is -2.91. The molecule has 3 aromatic rings. The molecule has 1 aliphatic rings. The van der Waals surface area contributed by atoms with Gasteiger partial charge in [-0.15, -0.1) is 0 Å². The Balaban J connectivity index is 1.65. The molecule has 0 radical (unpaired) electrons. The van der Waals surface area contributed by atoms with E-state index in [1.807, 2.05) is 13.8 Å². The van der Waals surface area contributed by atoms with Crippen LogP contribution in [0.5, 0.6) is 0 Å². The molecule has 0 aliphatic heterocycles. The fourth-order valence-electron chi connectivity index (χ4n) is 3.86. The molecule has 1 saturated carbocycles. The molecule has 0 bridgehead atoms. The summed E-state index contributed by atoms with van der Waals surface area (Å²) in [7, 11) is 0. The van der Waals surface area contributed by atoms with Gasteiger partial charge in [-0.1, -0.05) is 0 Å². The van der Waals surface area contributed by atoms with E-state index in [9.17, 15) is 13.6 Å². The number of hydrogen-bond donors (Lipinski definition) is 1. The highest BCUT2D eigenvalue weighted by atomic mass is 19.3. The van der Waals surface area contributed by atoms with Crippen LogP contribution >= 0.6 is 0 Å². The first-order valence-electron chi connectivity index (χ1n) is 9.76. The van der Waals surface area contributed by atoms with Crippen LogP contribution in [-0.4, -0.2) is 41.2 Å². The van der Waals surface area contributed by atoms with E-state index < -0.39 is 12.0 Å². The van der Waals surface area contributed by atoms with Crippen LogP contribution in [0.15, 0.2) is 24.7 Å². The summed E-state index contributed by atoms with van der Waals surface area (Å²) in [5.74, 6) is -2.70. The summed E-state index contributed by atoms with van der Waals surface area (Å²) >= 11 is 0. The lowest BCUT2D eigenvalue weighted by molar-refractivity contribution is -0.0495. The lowest BCUT2D eigenvalue weighted by atomic mass is 9.81. The summed E-state index contributed by atoms with van der Waals surface area (Å²) in [4.78, 5) is 21.7. The Morgan fingerprint density at radius 1 is 1.38 bits per heavy atom. The average Bonchev–Trinajstić information content (AvgIpc) is 3.32. The highest BCUT2D eigenvalue weighted by molar-refractivity contribution is 5.92. The topological polar surface area (TPSA) is 90.0 Å².